The fourth-order valence-corrected chi connectivity index (χ4v) is 2.53. The number of nitrogen functional groups attached to an aromatic ring is 1. The van der Waals surface area contributed by atoms with E-state index in [4.69, 9.17) is 5.73 Å². The predicted octanol–water partition coefficient (Wildman–Crippen LogP) is 3.69. The van der Waals surface area contributed by atoms with Gasteiger partial charge < -0.3 is 5.73 Å². The smallest absolute Gasteiger partial charge is 0.0500 e. The van der Waals surface area contributed by atoms with Crippen LogP contribution in [0.15, 0.2) is 21.1 Å². The molecule has 0 fully saturated rings. The van der Waals surface area contributed by atoms with Crippen LogP contribution in [-0.2, 0) is 5.33 Å². The molecule has 0 aromatic heterocycles. The molecule has 0 heterocycles. The van der Waals surface area contributed by atoms with Gasteiger partial charge in [-0.1, -0.05) is 31.9 Å². The molecule has 4 heteroatoms. The van der Waals surface area contributed by atoms with Crippen molar-refractivity contribution >= 4 is 53.5 Å². The molecule has 60 valence electrons. The van der Waals surface area contributed by atoms with Gasteiger partial charge in [0.2, 0.25) is 0 Å². The van der Waals surface area contributed by atoms with Gasteiger partial charge in [0, 0.05) is 20.0 Å². The van der Waals surface area contributed by atoms with Crippen LogP contribution in [0.25, 0.3) is 0 Å². The van der Waals surface area contributed by atoms with Gasteiger partial charge in [-0.15, -0.1) is 0 Å². The van der Waals surface area contributed by atoms with E-state index in [9.17, 15) is 0 Å². The number of benzene rings is 1. The summed E-state index contributed by atoms with van der Waals surface area (Å²) in [6.07, 6.45) is 0. The summed E-state index contributed by atoms with van der Waals surface area (Å²) in [7, 11) is 0. The van der Waals surface area contributed by atoms with Crippen LogP contribution >= 0.6 is 47.8 Å². The molecule has 0 spiro atoms. The zero-order chi connectivity index (χ0) is 8.43. The minimum absolute atomic E-state index is 0.775. The first kappa shape index (κ1) is 9.55. The van der Waals surface area contributed by atoms with E-state index in [0.717, 1.165) is 25.5 Å². The molecule has 0 amide bonds. The van der Waals surface area contributed by atoms with Crippen LogP contribution in [0.5, 0.6) is 0 Å². The largest absolute Gasteiger partial charge is 0.398 e. The van der Waals surface area contributed by atoms with Gasteiger partial charge in [0.15, 0.2) is 0 Å². The molecule has 0 atom stereocenters. The fourth-order valence-electron chi connectivity index (χ4n) is 0.749. The van der Waals surface area contributed by atoms with E-state index in [2.05, 4.69) is 47.8 Å². The molecule has 1 nitrogen and oxygen atoms in total. The van der Waals surface area contributed by atoms with E-state index < -0.39 is 0 Å². The third kappa shape index (κ3) is 2.20. The zero-order valence-corrected chi connectivity index (χ0v) is 10.3. The minimum Gasteiger partial charge on any atom is -0.398 e. The molecular weight excluding hydrogens is 338 g/mol. The maximum Gasteiger partial charge on any atom is 0.0500 e. The Bertz CT molecular complexity index is 273. The number of hydrogen-bond donors (Lipinski definition) is 1. The Hall–Kier alpha value is 0.460. The van der Waals surface area contributed by atoms with Gasteiger partial charge in [0.1, 0.15) is 0 Å². The lowest BCUT2D eigenvalue weighted by molar-refractivity contribution is 1.40. The number of anilines is 1. The van der Waals surface area contributed by atoms with Crippen molar-refractivity contribution in [3.05, 3.63) is 26.6 Å². The fraction of sp³-hybridized carbons (Fsp3) is 0.143. The van der Waals surface area contributed by atoms with Crippen molar-refractivity contribution in [1.82, 2.24) is 0 Å². The standard InChI is InChI=1S/C7H6Br3N/c8-3-4-1-5(9)2-6(10)7(4)11/h1-2H,3,11H2. The van der Waals surface area contributed by atoms with Crippen molar-refractivity contribution in [2.45, 2.75) is 5.33 Å². The number of nitrogens with two attached hydrogens (primary N) is 1. The van der Waals surface area contributed by atoms with Crippen LogP contribution in [0.1, 0.15) is 5.56 Å². The number of halogens is 3. The lowest BCUT2D eigenvalue weighted by Crippen LogP contribution is -1.92. The van der Waals surface area contributed by atoms with E-state index in [1.165, 1.54) is 0 Å². The van der Waals surface area contributed by atoms with Crippen molar-refractivity contribution in [2.75, 3.05) is 5.73 Å². The Morgan fingerprint density at radius 2 is 1.91 bits per heavy atom. The first-order valence-electron chi connectivity index (χ1n) is 2.94. The van der Waals surface area contributed by atoms with Crippen LogP contribution in [0.3, 0.4) is 0 Å². The van der Waals surface area contributed by atoms with Crippen molar-refractivity contribution in [1.29, 1.82) is 0 Å². The average Bonchev–Trinajstić information content (AvgIpc) is 1.96. The molecule has 11 heavy (non-hydrogen) atoms. The minimum atomic E-state index is 0.775. The first-order chi connectivity index (χ1) is 5.15. The SMILES string of the molecule is Nc1c(Br)cc(Br)cc1CBr. The molecule has 1 rings (SSSR count). The normalized spacial score (nSPS) is 10.1. The van der Waals surface area contributed by atoms with Gasteiger partial charge in [0.05, 0.1) is 0 Å². The Morgan fingerprint density at radius 3 is 2.45 bits per heavy atom. The highest BCUT2D eigenvalue weighted by atomic mass is 79.9. The second-order valence-corrected chi connectivity index (χ2v) is 4.42. The van der Waals surface area contributed by atoms with Crippen LogP contribution in [0.2, 0.25) is 0 Å². The highest BCUT2D eigenvalue weighted by molar-refractivity contribution is 9.11. The predicted molar refractivity (Wildman–Crippen MR) is 58.9 cm³/mol. The molecule has 0 bridgehead atoms. The molecule has 1 aromatic rings. The number of rotatable bonds is 1. The van der Waals surface area contributed by atoms with Gasteiger partial charge in [-0.3, -0.25) is 0 Å². The van der Waals surface area contributed by atoms with Crippen molar-refractivity contribution in [3.8, 4) is 0 Å². The first-order valence-corrected chi connectivity index (χ1v) is 5.65. The molecule has 0 saturated heterocycles. The van der Waals surface area contributed by atoms with Crippen LogP contribution < -0.4 is 5.73 Å². The third-order valence-electron chi connectivity index (χ3n) is 1.32. The summed E-state index contributed by atoms with van der Waals surface area (Å²) in [5, 5.41) is 0.775. The summed E-state index contributed by atoms with van der Waals surface area (Å²) >= 11 is 10.1. The van der Waals surface area contributed by atoms with E-state index >= 15 is 0 Å². The number of alkyl halides is 1. The molecule has 0 radical (unpaired) electrons. The summed E-state index contributed by atoms with van der Waals surface area (Å²) < 4.78 is 1.97. The summed E-state index contributed by atoms with van der Waals surface area (Å²) in [6.45, 7) is 0. The molecule has 0 saturated carbocycles. The maximum atomic E-state index is 5.76. The van der Waals surface area contributed by atoms with Crippen LogP contribution in [0, 0.1) is 0 Å². The maximum absolute atomic E-state index is 5.76. The lowest BCUT2D eigenvalue weighted by Gasteiger charge is -2.04. The summed E-state index contributed by atoms with van der Waals surface area (Å²) in [4.78, 5) is 0. The topological polar surface area (TPSA) is 26.0 Å². The van der Waals surface area contributed by atoms with Gasteiger partial charge in [-0.25, -0.2) is 0 Å². The van der Waals surface area contributed by atoms with E-state index in [0.29, 0.717) is 0 Å². The second kappa shape index (κ2) is 3.92. The molecule has 1 aromatic carbocycles. The zero-order valence-electron chi connectivity index (χ0n) is 5.57. The van der Waals surface area contributed by atoms with Crippen molar-refractivity contribution in [2.24, 2.45) is 0 Å². The van der Waals surface area contributed by atoms with E-state index in [-0.39, 0.29) is 0 Å². The monoisotopic (exact) mass is 341 g/mol. The van der Waals surface area contributed by atoms with Crippen molar-refractivity contribution < 1.29 is 0 Å². The Balaban J connectivity index is 3.24. The summed E-state index contributed by atoms with van der Waals surface area (Å²) in [5.74, 6) is 0. The van der Waals surface area contributed by atoms with E-state index in [1.807, 2.05) is 12.1 Å². The molecule has 0 unspecified atom stereocenters. The van der Waals surface area contributed by atoms with Crippen LogP contribution in [0.4, 0.5) is 5.69 Å². The van der Waals surface area contributed by atoms with Gasteiger partial charge in [-0.2, -0.15) is 0 Å². The molecule has 0 aliphatic rings. The van der Waals surface area contributed by atoms with Crippen LogP contribution in [-0.4, -0.2) is 0 Å². The summed E-state index contributed by atoms with van der Waals surface area (Å²) in [6, 6.07) is 3.93. The van der Waals surface area contributed by atoms with Gasteiger partial charge in [0.25, 0.3) is 0 Å². The Labute approximate surface area is 90.7 Å². The quantitative estimate of drug-likeness (QED) is 0.611. The molecular formula is C7H6Br3N. The second-order valence-electron chi connectivity index (χ2n) is 2.09. The lowest BCUT2D eigenvalue weighted by atomic mass is 10.2. The Morgan fingerprint density at radius 1 is 1.27 bits per heavy atom. The van der Waals surface area contributed by atoms with Crippen molar-refractivity contribution in [3.63, 3.8) is 0 Å². The molecule has 0 aliphatic heterocycles. The van der Waals surface area contributed by atoms with Gasteiger partial charge in [-0.05, 0) is 33.6 Å². The van der Waals surface area contributed by atoms with Gasteiger partial charge >= 0.3 is 0 Å². The Kier molecular flexibility index (Phi) is 3.40. The number of hydrogen-bond acceptors (Lipinski definition) is 1. The highest BCUT2D eigenvalue weighted by Crippen LogP contribution is 2.29. The third-order valence-corrected chi connectivity index (χ3v) is 3.04. The molecule has 2 N–H and O–H groups in total. The molecule has 0 aliphatic carbocycles. The average molecular weight is 344 g/mol. The van der Waals surface area contributed by atoms with E-state index in [1.54, 1.807) is 0 Å². The highest BCUT2D eigenvalue weighted by Gasteiger charge is 2.02. The summed E-state index contributed by atoms with van der Waals surface area (Å²) in [5.41, 5.74) is 7.65.